The number of nitrogens with zero attached hydrogens (tertiary/aromatic N) is 2. The second-order valence-corrected chi connectivity index (χ2v) is 6.52. The fraction of sp³-hybridized carbons (Fsp3) is 0.500. The van der Waals surface area contributed by atoms with Crippen molar-refractivity contribution in [1.29, 1.82) is 0 Å². The molecule has 0 radical (unpaired) electrons. The molecule has 1 N–H and O–H groups in total. The van der Waals surface area contributed by atoms with Crippen molar-refractivity contribution in [2.24, 2.45) is 0 Å². The molecular weight excluding hydrogens is 306 g/mol. The Morgan fingerprint density at radius 3 is 2.82 bits per heavy atom. The van der Waals surface area contributed by atoms with Gasteiger partial charge >= 0.3 is 5.69 Å². The Hall–Kier alpha value is -0.820. The third-order valence-corrected chi connectivity index (χ3v) is 3.95. The Labute approximate surface area is 113 Å². The van der Waals surface area contributed by atoms with Gasteiger partial charge in [-0.1, -0.05) is 0 Å². The van der Waals surface area contributed by atoms with Crippen LogP contribution in [-0.4, -0.2) is 27.5 Å². The number of nitro groups is 1. The molecule has 0 bridgehead atoms. The third-order valence-electron chi connectivity index (χ3n) is 2.27. The fourth-order valence-electron chi connectivity index (χ4n) is 1.07. The molecule has 0 aliphatic carbocycles. The van der Waals surface area contributed by atoms with Crippen LogP contribution in [0.1, 0.15) is 13.8 Å². The summed E-state index contributed by atoms with van der Waals surface area (Å²) < 4.78 is 0.599. The van der Waals surface area contributed by atoms with Gasteiger partial charge in [-0.15, -0.1) is 0 Å². The highest BCUT2D eigenvalue weighted by Gasteiger charge is 2.20. The number of hydrogen-bond donors (Lipinski definition) is 1. The summed E-state index contributed by atoms with van der Waals surface area (Å²) in [5.41, 5.74) is -0.0173. The normalized spacial score (nSPS) is 11.3. The third kappa shape index (κ3) is 4.16. The van der Waals surface area contributed by atoms with Gasteiger partial charge in [0, 0.05) is 28.0 Å². The molecule has 5 nitrogen and oxygen atoms in total. The lowest BCUT2D eigenvalue weighted by molar-refractivity contribution is -0.384. The van der Waals surface area contributed by atoms with Gasteiger partial charge in [-0.25, -0.2) is 4.98 Å². The monoisotopic (exact) mass is 319 g/mol. The smallest absolute Gasteiger partial charge is 0.312 e. The zero-order valence-corrected chi connectivity index (χ0v) is 12.3. The standard InChI is InChI=1S/C10H14BrN3O2S/c1-10(2,17-3)6-13-9-8(14(15)16)4-7(11)5-12-9/h4-5H,6H2,1-3H3,(H,12,13). The number of thioether (sulfide) groups is 1. The molecule has 0 atom stereocenters. The van der Waals surface area contributed by atoms with Crippen molar-refractivity contribution in [3.8, 4) is 0 Å². The van der Waals surface area contributed by atoms with E-state index >= 15 is 0 Å². The second-order valence-electron chi connectivity index (χ2n) is 4.10. The fourth-order valence-corrected chi connectivity index (χ4v) is 1.61. The molecule has 0 fully saturated rings. The number of nitrogens with one attached hydrogen (secondary N) is 1. The van der Waals surface area contributed by atoms with Crippen LogP contribution >= 0.6 is 27.7 Å². The second kappa shape index (κ2) is 5.68. The maximum atomic E-state index is 10.9. The predicted octanol–water partition coefficient (Wildman–Crippen LogP) is 3.31. The number of aromatic nitrogens is 1. The molecule has 0 amide bonds. The quantitative estimate of drug-likeness (QED) is 0.666. The van der Waals surface area contributed by atoms with E-state index in [1.165, 1.54) is 6.07 Å². The SMILES string of the molecule is CSC(C)(C)CNc1ncc(Br)cc1[N+](=O)[O-]. The summed E-state index contributed by atoms with van der Waals surface area (Å²) >= 11 is 4.86. The van der Waals surface area contributed by atoms with Crippen LogP contribution in [0.4, 0.5) is 11.5 Å². The molecule has 1 heterocycles. The van der Waals surface area contributed by atoms with Crippen LogP contribution in [0.3, 0.4) is 0 Å². The molecule has 1 rings (SSSR count). The summed E-state index contributed by atoms with van der Waals surface area (Å²) in [7, 11) is 0. The van der Waals surface area contributed by atoms with Crippen LogP contribution < -0.4 is 5.32 Å². The zero-order chi connectivity index (χ0) is 13.1. The minimum atomic E-state index is -0.438. The first-order chi connectivity index (χ1) is 7.85. The van der Waals surface area contributed by atoms with E-state index < -0.39 is 4.92 Å². The Balaban J connectivity index is 2.88. The molecule has 0 unspecified atom stereocenters. The van der Waals surface area contributed by atoms with E-state index in [9.17, 15) is 10.1 Å². The topological polar surface area (TPSA) is 68.1 Å². The van der Waals surface area contributed by atoms with Crippen molar-refractivity contribution < 1.29 is 4.92 Å². The first-order valence-electron chi connectivity index (χ1n) is 4.95. The van der Waals surface area contributed by atoms with Crippen LogP contribution in [-0.2, 0) is 0 Å². The molecule has 0 saturated heterocycles. The van der Waals surface area contributed by atoms with Crippen LogP contribution in [0.2, 0.25) is 0 Å². The van der Waals surface area contributed by atoms with E-state index in [4.69, 9.17) is 0 Å². The summed E-state index contributed by atoms with van der Waals surface area (Å²) in [4.78, 5) is 14.5. The highest BCUT2D eigenvalue weighted by Crippen LogP contribution is 2.27. The number of hydrogen-bond acceptors (Lipinski definition) is 5. The van der Waals surface area contributed by atoms with Crippen molar-refractivity contribution in [2.75, 3.05) is 18.1 Å². The van der Waals surface area contributed by atoms with E-state index in [2.05, 4.69) is 40.1 Å². The first-order valence-corrected chi connectivity index (χ1v) is 6.96. The number of rotatable bonds is 5. The summed E-state index contributed by atoms with van der Waals surface area (Å²) in [5, 5.41) is 13.9. The largest absolute Gasteiger partial charge is 0.363 e. The molecule has 0 aliphatic rings. The molecule has 0 saturated carbocycles. The van der Waals surface area contributed by atoms with Crippen LogP contribution in [0.5, 0.6) is 0 Å². The highest BCUT2D eigenvalue weighted by atomic mass is 79.9. The highest BCUT2D eigenvalue weighted by molar-refractivity contribution is 9.10. The Kier molecular flexibility index (Phi) is 4.76. The average Bonchev–Trinajstić information content (AvgIpc) is 2.27. The maximum Gasteiger partial charge on any atom is 0.312 e. The van der Waals surface area contributed by atoms with Gasteiger partial charge in [-0.2, -0.15) is 11.8 Å². The molecule has 17 heavy (non-hydrogen) atoms. The van der Waals surface area contributed by atoms with Crippen molar-refractivity contribution >= 4 is 39.2 Å². The van der Waals surface area contributed by atoms with Gasteiger partial charge < -0.3 is 5.32 Å². The van der Waals surface area contributed by atoms with Crippen LogP contribution in [0.15, 0.2) is 16.7 Å². The van der Waals surface area contributed by atoms with E-state index in [0.29, 0.717) is 16.8 Å². The van der Waals surface area contributed by atoms with Gasteiger partial charge in [-0.05, 0) is 36.0 Å². The van der Waals surface area contributed by atoms with Gasteiger partial charge in [-0.3, -0.25) is 10.1 Å². The lowest BCUT2D eigenvalue weighted by atomic mass is 10.2. The minimum absolute atomic E-state index is 0.00260. The average molecular weight is 320 g/mol. The summed E-state index contributed by atoms with van der Waals surface area (Å²) in [6, 6.07) is 1.45. The Morgan fingerprint density at radius 1 is 1.65 bits per heavy atom. The van der Waals surface area contributed by atoms with E-state index in [1.54, 1.807) is 18.0 Å². The minimum Gasteiger partial charge on any atom is -0.363 e. The molecule has 0 spiro atoms. The van der Waals surface area contributed by atoms with Crippen molar-refractivity contribution in [1.82, 2.24) is 4.98 Å². The number of halogens is 1. The van der Waals surface area contributed by atoms with Crippen LogP contribution in [0, 0.1) is 10.1 Å². The van der Waals surface area contributed by atoms with E-state index in [0.717, 1.165) is 0 Å². The first kappa shape index (κ1) is 14.2. The number of anilines is 1. The van der Waals surface area contributed by atoms with Crippen molar-refractivity contribution in [3.05, 3.63) is 26.9 Å². The van der Waals surface area contributed by atoms with Gasteiger partial charge in [0.05, 0.1) is 4.92 Å². The van der Waals surface area contributed by atoms with Gasteiger partial charge in [0.2, 0.25) is 5.82 Å². The lowest BCUT2D eigenvalue weighted by Crippen LogP contribution is -2.26. The molecule has 7 heteroatoms. The molecule has 0 aliphatic heterocycles. The maximum absolute atomic E-state index is 10.9. The van der Waals surface area contributed by atoms with Crippen LogP contribution in [0.25, 0.3) is 0 Å². The summed E-state index contributed by atoms with van der Waals surface area (Å²) in [6.45, 7) is 4.74. The molecule has 1 aromatic rings. The Morgan fingerprint density at radius 2 is 2.29 bits per heavy atom. The van der Waals surface area contributed by atoms with E-state index in [-0.39, 0.29) is 10.4 Å². The molecule has 0 aromatic carbocycles. The number of pyridine rings is 1. The predicted molar refractivity (Wildman–Crippen MR) is 74.7 cm³/mol. The molecule has 1 aromatic heterocycles. The summed E-state index contributed by atoms with van der Waals surface area (Å²) in [5.74, 6) is 0.306. The zero-order valence-electron chi connectivity index (χ0n) is 9.86. The Bertz CT molecular complexity index is 426. The van der Waals surface area contributed by atoms with Crippen molar-refractivity contribution in [3.63, 3.8) is 0 Å². The van der Waals surface area contributed by atoms with E-state index in [1.807, 2.05) is 6.26 Å². The summed E-state index contributed by atoms with van der Waals surface area (Å²) in [6.07, 6.45) is 3.55. The molecular formula is C10H14BrN3O2S. The van der Waals surface area contributed by atoms with Gasteiger partial charge in [0.15, 0.2) is 0 Å². The molecule has 94 valence electrons. The lowest BCUT2D eigenvalue weighted by Gasteiger charge is -2.22. The van der Waals surface area contributed by atoms with Crippen molar-refractivity contribution in [2.45, 2.75) is 18.6 Å². The van der Waals surface area contributed by atoms with Gasteiger partial charge in [0.1, 0.15) is 0 Å². The van der Waals surface area contributed by atoms with Gasteiger partial charge in [0.25, 0.3) is 0 Å².